The summed E-state index contributed by atoms with van der Waals surface area (Å²) < 4.78 is 0. The van der Waals surface area contributed by atoms with Crippen LogP contribution in [0.2, 0.25) is 0 Å². The van der Waals surface area contributed by atoms with Gasteiger partial charge in [0.15, 0.2) is 0 Å². The van der Waals surface area contributed by atoms with Gasteiger partial charge in [-0.1, -0.05) is 60.7 Å². The number of aliphatic carboxylic acids is 1. The zero-order valence-electron chi connectivity index (χ0n) is 25.4. The Morgan fingerprint density at radius 3 is 1.63 bits per heavy atom. The Labute approximate surface area is 273 Å². The van der Waals surface area contributed by atoms with Gasteiger partial charge in [0.25, 0.3) is 0 Å². The van der Waals surface area contributed by atoms with E-state index in [4.69, 9.17) is 17.2 Å². The number of rotatable bonds is 20. The van der Waals surface area contributed by atoms with Gasteiger partial charge in [-0.25, -0.2) is 4.79 Å². The van der Waals surface area contributed by atoms with E-state index in [9.17, 15) is 33.9 Å². The monoisotopic (exact) mass is 657 g/mol. The highest BCUT2D eigenvalue weighted by molar-refractivity contribution is 7.80. The molecule has 0 unspecified atom stereocenters. The van der Waals surface area contributed by atoms with E-state index in [0.29, 0.717) is 30.5 Å². The quantitative estimate of drug-likeness (QED) is 0.0609. The third-order valence-electron chi connectivity index (χ3n) is 6.96. The van der Waals surface area contributed by atoms with Crippen molar-refractivity contribution in [3.8, 4) is 0 Å². The Kier molecular flexibility index (Phi) is 16.2. The number of carbonyl (C=O) groups excluding carboxylic acids is 5. The summed E-state index contributed by atoms with van der Waals surface area (Å²) >= 11 is 4.00. The van der Waals surface area contributed by atoms with Crippen molar-refractivity contribution in [3.05, 3.63) is 71.8 Å². The van der Waals surface area contributed by atoms with E-state index >= 15 is 0 Å². The summed E-state index contributed by atoms with van der Waals surface area (Å²) in [5, 5.41) is 19.8. The minimum absolute atomic E-state index is 0.0115. The highest BCUT2D eigenvalue weighted by Crippen LogP contribution is 2.09. The number of hydrogen-bond donors (Lipinski definition) is 9. The fourth-order valence-corrected chi connectivity index (χ4v) is 4.63. The number of thiol groups is 1. The molecule has 250 valence electrons. The average molecular weight is 658 g/mol. The number of unbranched alkanes of at least 4 members (excludes halogenated alkanes) is 1. The van der Waals surface area contributed by atoms with Gasteiger partial charge in [0.05, 0.1) is 12.5 Å². The van der Waals surface area contributed by atoms with Crippen LogP contribution in [0.15, 0.2) is 60.7 Å². The molecule has 0 aliphatic heterocycles. The fourth-order valence-electron chi connectivity index (χ4n) is 4.46. The molecule has 0 aliphatic carbocycles. The topological polar surface area (TPSA) is 249 Å². The number of hydrogen-bond acceptors (Lipinski definition) is 9. The number of carboxylic acids is 1. The number of nitrogens with one attached hydrogen (secondary N) is 4. The fraction of sp³-hybridized carbons (Fsp3) is 0.419. The van der Waals surface area contributed by atoms with Gasteiger partial charge in [0, 0.05) is 18.6 Å². The maximum atomic E-state index is 13.5. The SMILES string of the molecule is NCCCC[C@H](NC(=O)[C@@H](N)CS)C(=O)N[C@@H](CC(N)=O)C(=O)N[C@@H](Cc1ccccc1)C(=O)N[C@@H](Cc1ccccc1)C(=O)O. The lowest BCUT2D eigenvalue weighted by Gasteiger charge is -2.26. The smallest absolute Gasteiger partial charge is 0.326 e. The molecule has 0 heterocycles. The second kappa shape index (κ2) is 19.8. The van der Waals surface area contributed by atoms with Crippen molar-refractivity contribution in [2.24, 2.45) is 17.2 Å². The van der Waals surface area contributed by atoms with Gasteiger partial charge in [-0.05, 0) is 36.9 Å². The summed E-state index contributed by atoms with van der Waals surface area (Å²) in [4.78, 5) is 76.7. The summed E-state index contributed by atoms with van der Waals surface area (Å²) in [5.41, 5.74) is 18.0. The number of amides is 5. The highest BCUT2D eigenvalue weighted by Gasteiger charge is 2.32. The molecule has 2 aromatic rings. The number of carbonyl (C=O) groups is 6. The predicted octanol–water partition coefficient (Wildman–Crippen LogP) is -1.24. The maximum absolute atomic E-state index is 13.5. The molecular weight excluding hydrogens is 614 g/mol. The van der Waals surface area contributed by atoms with Gasteiger partial charge in [-0.15, -0.1) is 0 Å². The van der Waals surface area contributed by atoms with Gasteiger partial charge in [-0.2, -0.15) is 12.6 Å². The zero-order chi connectivity index (χ0) is 34.1. The van der Waals surface area contributed by atoms with E-state index in [0.717, 1.165) is 0 Å². The number of benzene rings is 2. The summed E-state index contributed by atoms with van der Waals surface area (Å²) in [5.74, 6) is -5.30. The minimum atomic E-state index is -1.52. The molecular formula is C31H43N7O7S. The molecule has 0 aromatic heterocycles. The van der Waals surface area contributed by atoms with Crippen LogP contribution in [0.4, 0.5) is 0 Å². The number of nitrogens with two attached hydrogens (primary N) is 3. The molecule has 46 heavy (non-hydrogen) atoms. The molecule has 11 N–H and O–H groups in total. The molecule has 2 aromatic carbocycles. The molecule has 0 saturated heterocycles. The summed E-state index contributed by atoms with van der Waals surface area (Å²) in [6.07, 6.45) is 0.514. The predicted molar refractivity (Wildman–Crippen MR) is 174 cm³/mol. The lowest BCUT2D eigenvalue weighted by Crippen LogP contribution is -2.59. The third-order valence-corrected chi connectivity index (χ3v) is 7.36. The molecule has 0 saturated carbocycles. The van der Waals surface area contributed by atoms with E-state index in [2.05, 4.69) is 33.9 Å². The Balaban J connectivity index is 2.29. The van der Waals surface area contributed by atoms with E-state index < -0.39 is 72.1 Å². The number of primary amides is 1. The molecule has 14 nitrogen and oxygen atoms in total. The molecule has 5 atom stereocenters. The van der Waals surface area contributed by atoms with E-state index in [1.807, 2.05) is 0 Å². The third kappa shape index (κ3) is 13.3. The second-order valence-electron chi connectivity index (χ2n) is 10.7. The zero-order valence-corrected chi connectivity index (χ0v) is 26.3. The summed E-state index contributed by atoms with van der Waals surface area (Å²) in [6, 6.07) is 11.1. The van der Waals surface area contributed by atoms with Crippen molar-refractivity contribution in [1.29, 1.82) is 0 Å². The van der Waals surface area contributed by atoms with Gasteiger partial charge in [0.1, 0.15) is 24.2 Å². The maximum Gasteiger partial charge on any atom is 0.326 e. The Morgan fingerprint density at radius 1 is 0.674 bits per heavy atom. The van der Waals surface area contributed by atoms with Crippen LogP contribution in [0.1, 0.15) is 36.8 Å². The van der Waals surface area contributed by atoms with E-state index in [1.165, 1.54) is 0 Å². The number of carboxylic acid groups (broad SMARTS) is 1. The lowest BCUT2D eigenvalue weighted by atomic mass is 10.0. The van der Waals surface area contributed by atoms with Gasteiger partial charge in [0.2, 0.25) is 29.5 Å². The Morgan fingerprint density at radius 2 is 1.13 bits per heavy atom. The Bertz CT molecular complexity index is 1320. The molecule has 0 bridgehead atoms. The molecule has 15 heteroatoms. The van der Waals surface area contributed by atoms with Crippen LogP contribution in [-0.2, 0) is 41.6 Å². The van der Waals surface area contributed by atoms with Gasteiger partial charge < -0.3 is 43.6 Å². The van der Waals surface area contributed by atoms with Crippen molar-refractivity contribution in [2.75, 3.05) is 12.3 Å². The molecule has 0 radical (unpaired) electrons. The van der Waals surface area contributed by atoms with Crippen molar-refractivity contribution in [2.45, 2.75) is 68.7 Å². The lowest BCUT2D eigenvalue weighted by molar-refractivity contribution is -0.142. The largest absolute Gasteiger partial charge is 0.480 e. The van der Waals surface area contributed by atoms with Crippen molar-refractivity contribution in [3.63, 3.8) is 0 Å². The first kappa shape index (κ1) is 37.7. The second-order valence-corrected chi connectivity index (χ2v) is 11.1. The normalized spacial score (nSPS) is 14.1. The minimum Gasteiger partial charge on any atom is -0.480 e. The first-order valence-corrected chi connectivity index (χ1v) is 15.4. The Hall–Kier alpha value is -4.47. The average Bonchev–Trinajstić information content (AvgIpc) is 3.03. The molecule has 0 spiro atoms. The van der Waals surface area contributed by atoms with Crippen LogP contribution in [0.3, 0.4) is 0 Å². The highest BCUT2D eigenvalue weighted by atomic mass is 32.1. The molecule has 0 aliphatic rings. The van der Waals surface area contributed by atoms with Crippen LogP contribution in [-0.4, -0.2) is 83.1 Å². The van der Waals surface area contributed by atoms with Gasteiger partial charge in [-0.3, -0.25) is 24.0 Å². The first-order chi connectivity index (χ1) is 21.9. The molecule has 0 fully saturated rings. The van der Waals surface area contributed by atoms with Crippen molar-refractivity contribution in [1.82, 2.24) is 21.3 Å². The van der Waals surface area contributed by atoms with Crippen LogP contribution in [0, 0.1) is 0 Å². The van der Waals surface area contributed by atoms with Crippen LogP contribution in [0.5, 0.6) is 0 Å². The van der Waals surface area contributed by atoms with Crippen LogP contribution in [0.25, 0.3) is 0 Å². The van der Waals surface area contributed by atoms with Crippen molar-refractivity contribution >= 4 is 48.1 Å². The molecule has 5 amide bonds. The standard InChI is InChI=1S/C31H43N7O7S/c32-14-8-7-13-22(35-27(40)21(33)18-46)28(41)37-24(17-26(34)39)30(43)36-23(15-19-9-3-1-4-10-19)29(42)38-25(31(44)45)16-20-11-5-2-6-12-20/h1-6,9-12,21-25,46H,7-8,13-18,32-33H2,(H2,34,39)(H,35,40)(H,36,43)(H,37,41)(H,38,42)(H,44,45)/t21-,22-,23-,24-,25-/m0/s1. The van der Waals surface area contributed by atoms with Crippen molar-refractivity contribution < 1.29 is 33.9 Å². The van der Waals surface area contributed by atoms with Gasteiger partial charge >= 0.3 is 5.97 Å². The first-order valence-electron chi connectivity index (χ1n) is 14.8. The van der Waals surface area contributed by atoms with E-state index in [1.54, 1.807) is 60.7 Å². The van der Waals surface area contributed by atoms with E-state index in [-0.39, 0.29) is 25.0 Å². The summed E-state index contributed by atoms with van der Waals surface area (Å²) in [6.45, 7) is 0.351. The summed E-state index contributed by atoms with van der Waals surface area (Å²) in [7, 11) is 0. The van der Waals surface area contributed by atoms with Crippen LogP contribution >= 0.6 is 12.6 Å². The molecule has 2 rings (SSSR count). The van der Waals surface area contributed by atoms with Crippen LogP contribution < -0.4 is 38.5 Å².